The first-order chi connectivity index (χ1) is 13.8. The number of furan rings is 1. The van der Waals surface area contributed by atoms with Gasteiger partial charge in [-0.05, 0) is 37.2 Å². The van der Waals surface area contributed by atoms with E-state index in [-0.39, 0.29) is 23.4 Å². The molecule has 0 radical (unpaired) electrons. The van der Waals surface area contributed by atoms with Crippen LogP contribution in [0.1, 0.15) is 32.8 Å². The Kier molecular flexibility index (Phi) is 5.87. The van der Waals surface area contributed by atoms with Crippen LogP contribution < -0.4 is 10.0 Å². The first-order valence-corrected chi connectivity index (χ1v) is 10.4. The molecule has 29 heavy (non-hydrogen) atoms. The maximum atomic E-state index is 12.7. The van der Waals surface area contributed by atoms with E-state index >= 15 is 0 Å². The van der Waals surface area contributed by atoms with Crippen LogP contribution in [0, 0.1) is 18.3 Å². The van der Waals surface area contributed by atoms with E-state index in [9.17, 15) is 18.5 Å². The zero-order valence-corrected chi connectivity index (χ0v) is 16.8. The fourth-order valence-electron chi connectivity index (χ4n) is 2.87. The van der Waals surface area contributed by atoms with Gasteiger partial charge in [-0.1, -0.05) is 24.3 Å². The zero-order chi connectivity index (χ0) is 21.0. The lowest BCUT2D eigenvalue weighted by Crippen LogP contribution is -2.24. The first-order valence-electron chi connectivity index (χ1n) is 8.78. The minimum atomic E-state index is -3.34. The number of hydrogen-bond acceptors (Lipinski definition) is 5. The summed E-state index contributed by atoms with van der Waals surface area (Å²) in [5.41, 5.74) is 1.81. The maximum absolute atomic E-state index is 12.7. The third-order valence-electron chi connectivity index (χ3n) is 4.39. The second kappa shape index (κ2) is 8.34. The number of nitrogens with zero attached hydrogens (tertiary/aromatic N) is 2. The number of sulfonamides is 1. The second-order valence-electron chi connectivity index (χ2n) is 6.38. The number of benzene rings is 1. The molecule has 150 valence electrons. The maximum Gasteiger partial charge on any atom is 0.256 e. The Morgan fingerprint density at radius 3 is 2.38 bits per heavy atom. The van der Waals surface area contributed by atoms with Gasteiger partial charge in [0.05, 0.1) is 5.75 Å². The van der Waals surface area contributed by atoms with E-state index in [0.29, 0.717) is 17.2 Å². The number of aromatic nitrogens is 1. The van der Waals surface area contributed by atoms with E-state index in [0.717, 1.165) is 5.56 Å². The van der Waals surface area contributed by atoms with Crippen molar-refractivity contribution in [2.75, 3.05) is 7.05 Å². The van der Waals surface area contributed by atoms with Crippen molar-refractivity contribution >= 4 is 15.9 Å². The molecule has 2 heterocycles. The normalized spacial score (nSPS) is 11.2. The van der Waals surface area contributed by atoms with E-state index in [1.54, 1.807) is 60.3 Å². The summed E-state index contributed by atoms with van der Waals surface area (Å²) >= 11 is 0. The average Bonchev–Trinajstić information content (AvgIpc) is 3.34. The van der Waals surface area contributed by atoms with E-state index in [1.165, 1.54) is 7.05 Å². The highest BCUT2D eigenvalue weighted by Crippen LogP contribution is 2.25. The predicted molar refractivity (Wildman–Crippen MR) is 107 cm³/mol. The minimum Gasteiger partial charge on any atom is -0.443 e. The minimum absolute atomic E-state index is 0.113. The molecule has 2 N–H and O–H groups in total. The number of amides is 1. The van der Waals surface area contributed by atoms with Crippen LogP contribution in [0.15, 0.2) is 53.2 Å². The van der Waals surface area contributed by atoms with Crippen molar-refractivity contribution in [3.63, 3.8) is 0 Å². The molecule has 3 rings (SSSR count). The molecule has 9 heteroatoms. The van der Waals surface area contributed by atoms with Crippen LogP contribution >= 0.6 is 0 Å². The highest BCUT2D eigenvalue weighted by Gasteiger charge is 2.24. The zero-order valence-electron chi connectivity index (χ0n) is 16.0. The van der Waals surface area contributed by atoms with Crippen LogP contribution in [0.3, 0.4) is 0 Å². The quantitative estimate of drug-likeness (QED) is 0.617. The van der Waals surface area contributed by atoms with Crippen LogP contribution in [0.4, 0.5) is 0 Å². The Bertz CT molecular complexity index is 1150. The fraction of sp³-hybridized carbons (Fsp3) is 0.200. The first kappa shape index (κ1) is 20.4. The van der Waals surface area contributed by atoms with Gasteiger partial charge in [0, 0.05) is 18.9 Å². The highest BCUT2D eigenvalue weighted by molar-refractivity contribution is 7.88. The molecule has 1 aromatic carbocycles. The number of nitrogens with one attached hydrogen (secondary N) is 2. The van der Waals surface area contributed by atoms with Crippen molar-refractivity contribution in [3.05, 3.63) is 76.8 Å². The molecule has 0 unspecified atom stereocenters. The lowest BCUT2D eigenvalue weighted by atomic mass is 10.1. The molecule has 1 amide bonds. The van der Waals surface area contributed by atoms with Crippen LogP contribution in [0.2, 0.25) is 0 Å². The van der Waals surface area contributed by atoms with Gasteiger partial charge in [0.2, 0.25) is 15.9 Å². The number of hydrogen-bond donors (Lipinski definition) is 2. The van der Waals surface area contributed by atoms with E-state index in [2.05, 4.69) is 10.0 Å². The molecule has 0 aliphatic carbocycles. The van der Waals surface area contributed by atoms with Crippen molar-refractivity contribution in [2.24, 2.45) is 0 Å². The molecule has 2 aromatic heterocycles. The molecule has 3 aromatic rings. The van der Waals surface area contributed by atoms with Crippen LogP contribution in [-0.2, 0) is 22.3 Å². The van der Waals surface area contributed by atoms with Crippen molar-refractivity contribution in [3.8, 4) is 12.0 Å². The molecular formula is C20H20N4O4S. The summed E-state index contributed by atoms with van der Waals surface area (Å²) in [6, 6.07) is 12.5. The Morgan fingerprint density at radius 1 is 1.17 bits per heavy atom. The lowest BCUT2D eigenvalue weighted by Gasteiger charge is -2.07. The Balaban J connectivity index is 1.73. The molecule has 0 aliphatic rings. The number of carbonyl (C=O) groups is 1. The fourth-order valence-corrected chi connectivity index (χ4v) is 3.65. The molecule has 0 bridgehead atoms. The van der Waals surface area contributed by atoms with Gasteiger partial charge in [0.15, 0.2) is 0 Å². The van der Waals surface area contributed by atoms with E-state index in [4.69, 9.17) is 4.42 Å². The summed E-state index contributed by atoms with van der Waals surface area (Å²) in [5, 5.41) is 12.3. The van der Waals surface area contributed by atoms with Gasteiger partial charge >= 0.3 is 0 Å². The molecule has 0 saturated carbocycles. The monoisotopic (exact) mass is 412 g/mol. The molecule has 8 nitrogen and oxygen atoms in total. The molecule has 0 spiro atoms. The van der Waals surface area contributed by atoms with Gasteiger partial charge in [0.1, 0.15) is 23.0 Å². The standard InChI is InChI=1S/C20H20N4O4S/c1-14-18(17(11-21)20(28-14)24-9-3-4-10-24)19(25)23-12-15-5-7-16(8-6-15)13-29(26,27)22-2/h3-10,22H,12-13H2,1-2H3,(H,23,25). The molecule has 0 atom stereocenters. The Morgan fingerprint density at radius 2 is 1.79 bits per heavy atom. The SMILES string of the molecule is CNS(=O)(=O)Cc1ccc(CNC(=O)c2c(C)oc(-n3cccc3)c2C#N)cc1. The third-order valence-corrected chi connectivity index (χ3v) is 5.72. The smallest absolute Gasteiger partial charge is 0.256 e. The van der Waals surface area contributed by atoms with Gasteiger partial charge in [0.25, 0.3) is 5.91 Å². The topological polar surface area (TPSA) is 117 Å². The summed E-state index contributed by atoms with van der Waals surface area (Å²) in [7, 11) is -1.97. The largest absolute Gasteiger partial charge is 0.443 e. The number of nitriles is 1. The van der Waals surface area contributed by atoms with Crippen LogP contribution in [0.25, 0.3) is 5.88 Å². The summed E-state index contributed by atoms with van der Waals surface area (Å²) < 4.78 is 32.8. The van der Waals surface area contributed by atoms with Gasteiger partial charge < -0.3 is 9.73 Å². The van der Waals surface area contributed by atoms with Gasteiger partial charge in [-0.3, -0.25) is 9.36 Å². The van der Waals surface area contributed by atoms with Crippen molar-refractivity contribution < 1.29 is 17.6 Å². The Labute approximate surface area is 168 Å². The van der Waals surface area contributed by atoms with Gasteiger partial charge in [-0.2, -0.15) is 5.26 Å². The number of rotatable bonds is 7. The summed E-state index contributed by atoms with van der Waals surface area (Å²) in [6.45, 7) is 1.87. The van der Waals surface area contributed by atoms with E-state index < -0.39 is 15.9 Å². The second-order valence-corrected chi connectivity index (χ2v) is 8.30. The van der Waals surface area contributed by atoms with Crippen LogP contribution in [0.5, 0.6) is 0 Å². The van der Waals surface area contributed by atoms with Crippen molar-refractivity contribution in [1.29, 1.82) is 5.26 Å². The van der Waals surface area contributed by atoms with Crippen molar-refractivity contribution in [1.82, 2.24) is 14.6 Å². The summed E-state index contributed by atoms with van der Waals surface area (Å²) in [5.74, 6) is 0.131. The number of carbonyl (C=O) groups excluding carboxylic acids is 1. The van der Waals surface area contributed by atoms with Crippen LogP contribution in [-0.4, -0.2) is 25.9 Å². The molecule has 0 fully saturated rings. The molecule has 0 aliphatic heterocycles. The van der Waals surface area contributed by atoms with Gasteiger partial charge in [-0.15, -0.1) is 0 Å². The van der Waals surface area contributed by atoms with Gasteiger partial charge in [-0.25, -0.2) is 13.1 Å². The highest BCUT2D eigenvalue weighted by atomic mass is 32.2. The molecule has 0 saturated heterocycles. The lowest BCUT2D eigenvalue weighted by molar-refractivity contribution is 0.0949. The van der Waals surface area contributed by atoms with E-state index in [1.807, 2.05) is 6.07 Å². The summed E-state index contributed by atoms with van der Waals surface area (Å²) in [6.07, 6.45) is 3.47. The molecular weight excluding hydrogens is 392 g/mol. The number of aryl methyl sites for hydroxylation is 1. The summed E-state index contributed by atoms with van der Waals surface area (Å²) in [4.78, 5) is 12.7. The van der Waals surface area contributed by atoms with Crippen molar-refractivity contribution in [2.45, 2.75) is 19.2 Å². The predicted octanol–water partition coefficient (Wildman–Crippen LogP) is 2.23. The Hall–Kier alpha value is -3.35. The third kappa shape index (κ3) is 4.56. The average molecular weight is 412 g/mol.